The van der Waals surface area contributed by atoms with Gasteiger partial charge in [-0.3, -0.25) is 4.79 Å². The van der Waals surface area contributed by atoms with Gasteiger partial charge in [-0.25, -0.2) is 4.98 Å². The zero-order valence-corrected chi connectivity index (χ0v) is 14.8. The molecule has 2 aromatic carbocycles. The second-order valence-corrected chi connectivity index (χ2v) is 6.23. The van der Waals surface area contributed by atoms with Crippen LogP contribution >= 0.6 is 23.2 Å². The summed E-state index contributed by atoms with van der Waals surface area (Å²) in [6.45, 7) is 1.97. The van der Waals surface area contributed by atoms with Crippen molar-refractivity contribution in [2.75, 3.05) is 5.32 Å². The molecule has 0 aliphatic heterocycles. The summed E-state index contributed by atoms with van der Waals surface area (Å²) in [5.41, 5.74) is 2.25. The molecule has 1 N–H and O–H groups in total. The van der Waals surface area contributed by atoms with Gasteiger partial charge in [-0.1, -0.05) is 40.9 Å². The van der Waals surface area contributed by atoms with Crippen LogP contribution in [0.3, 0.4) is 0 Å². The van der Waals surface area contributed by atoms with E-state index in [9.17, 15) is 4.79 Å². The Kier molecular flexibility index (Phi) is 5.22. The summed E-state index contributed by atoms with van der Waals surface area (Å²) in [5.74, 6) is 0.615. The van der Waals surface area contributed by atoms with Crippen LogP contribution in [0.25, 0.3) is 0 Å². The zero-order valence-electron chi connectivity index (χ0n) is 13.3. The van der Waals surface area contributed by atoms with Crippen molar-refractivity contribution in [1.29, 1.82) is 0 Å². The summed E-state index contributed by atoms with van der Waals surface area (Å²) in [5, 5.41) is 3.71. The maximum Gasteiger partial charge on any atom is 0.255 e. The number of halogens is 2. The number of anilines is 1. The molecule has 6 heteroatoms. The fraction of sp³-hybridized carbons (Fsp3) is 0.0526. The van der Waals surface area contributed by atoms with Crippen LogP contribution in [0.5, 0.6) is 11.6 Å². The van der Waals surface area contributed by atoms with E-state index in [1.165, 1.54) is 6.20 Å². The SMILES string of the molecule is Cc1ccc(C(=O)Nc2ccc(Oc3ccc(Cl)cc3Cl)nc2)cc1. The van der Waals surface area contributed by atoms with Crippen molar-refractivity contribution in [3.05, 3.63) is 82.0 Å². The highest BCUT2D eigenvalue weighted by Crippen LogP contribution is 2.31. The summed E-state index contributed by atoms with van der Waals surface area (Å²) < 4.78 is 5.61. The molecule has 0 fully saturated rings. The summed E-state index contributed by atoms with van der Waals surface area (Å²) in [4.78, 5) is 16.3. The Morgan fingerprint density at radius 3 is 2.44 bits per heavy atom. The molecular weight excluding hydrogens is 359 g/mol. The number of aromatic nitrogens is 1. The highest BCUT2D eigenvalue weighted by molar-refractivity contribution is 6.35. The number of benzene rings is 2. The number of amides is 1. The number of nitrogens with zero attached hydrogens (tertiary/aromatic N) is 1. The normalized spacial score (nSPS) is 10.4. The molecule has 25 heavy (non-hydrogen) atoms. The predicted molar refractivity (Wildman–Crippen MR) is 99.9 cm³/mol. The lowest BCUT2D eigenvalue weighted by Gasteiger charge is -2.08. The monoisotopic (exact) mass is 372 g/mol. The molecule has 0 bridgehead atoms. The molecule has 3 aromatic rings. The molecule has 1 aromatic heterocycles. The fourth-order valence-electron chi connectivity index (χ4n) is 2.09. The lowest BCUT2D eigenvalue weighted by atomic mass is 10.1. The van der Waals surface area contributed by atoms with Crippen LogP contribution in [0.4, 0.5) is 5.69 Å². The molecule has 0 aliphatic carbocycles. The van der Waals surface area contributed by atoms with Gasteiger partial charge in [0.15, 0.2) is 0 Å². The number of carbonyl (C=O) groups excluding carboxylic acids is 1. The Morgan fingerprint density at radius 1 is 1.04 bits per heavy atom. The number of pyridine rings is 1. The molecule has 1 amide bonds. The third-order valence-corrected chi connectivity index (χ3v) is 3.95. The fourth-order valence-corrected chi connectivity index (χ4v) is 2.54. The van der Waals surface area contributed by atoms with E-state index >= 15 is 0 Å². The van der Waals surface area contributed by atoms with Gasteiger partial charge in [-0.15, -0.1) is 0 Å². The molecule has 3 rings (SSSR count). The minimum Gasteiger partial charge on any atom is -0.437 e. The Bertz CT molecular complexity index is 894. The first-order valence-corrected chi connectivity index (χ1v) is 8.24. The van der Waals surface area contributed by atoms with Gasteiger partial charge in [0.1, 0.15) is 5.75 Å². The average Bonchev–Trinajstić information content (AvgIpc) is 2.59. The van der Waals surface area contributed by atoms with E-state index in [4.69, 9.17) is 27.9 Å². The molecule has 0 radical (unpaired) electrons. The standard InChI is InChI=1S/C19H14Cl2N2O2/c1-12-2-4-13(5-3-12)19(24)23-15-7-9-18(22-11-15)25-17-8-6-14(20)10-16(17)21/h2-11H,1H3,(H,23,24). The van der Waals surface area contributed by atoms with E-state index in [0.29, 0.717) is 32.9 Å². The molecule has 126 valence electrons. The quantitative estimate of drug-likeness (QED) is 0.634. The summed E-state index contributed by atoms with van der Waals surface area (Å²) >= 11 is 11.9. The van der Waals surface area contributed by atoms with Crippen LogP contribution in [0.1, 0.15) is 15.9 Å². The lowest BCUT2D eigenvalue weighted by Crippen LogP contribution is -2.11. The zero-order chi connectivity index (χ0) is 17.8. The van der Waals surface area contributed by atoms with Crippen LogP contribution in [0.2, 0.25) is 10.0 Å². The summed E-state index contributed by atoms with van der Waals surface area (Å²) in [6.07, 6.45) is 1.52. The number of hydrogen-bond acceptors (Lipinski definition) is 3. The minimum absolute atomic E-state index is 0.198. The second-order valence-electron chi connectivity index (χ2n) is 5.38. The first kappa shape index (κ1) is 17.3. The van der Waals surface area contributed by atoms with E-state index in [2.05, 4.69) is 10.3 Å². The van der Waals surface area contributed by atoms with E-state index < -0.39 is 0 Å². The Labute approximate surface area is 155 Å². The van der Waals surface area contributed by atoms with Crippen molar-refractivity contribution >= 4 is 34.8 Å². The van der Waals surface area contributed by atoms with Crippen molar-refractivity contribution in [2.24, 2.45) is 0 Å². The number of carbonyl (C=O) groups is 1. The van der Waals surface area contributed by atoms with Crippen LogP contribution in [0, 0.1) is 6.92 Å². The number of nitrogens with one attached hydrogen (secondary N) is 1. The summed E-state index contributed by atoms with van der Waals surface area (Å²) in [7, 11) is 0. The Morgan fingerprint density at radius 2 is 1.80 bits per heavy atom. The molecule has 4 nitrogen and oxygen atoms in total. The van der Waals surface area contributed by atoms with Crippen molar-refractivity contribution in [3.63, 3.8) is 0 Å². The molecule has 0 atom stereocenters. The largest absolute Gasteiger partial charge is 0.437 e. The highest BCUT2D eigenvalue weighted by Gasteiger charge is 2.08. The molecular formula is C19H14Cl2N2O2. The van der Waals surface area contributed by atoms with Crippen molar-refractivity contribution < 1.29 is 9.53 Å². The molecule has 1 heterocycles. The van der Waals surface area contributed by atoms with Crippen LogP contribution in [-0.4, -0.2) is 10.9 Å². The lowest BCUT2D eigenvalue weighted by molar-refractivity contribution is 0.102. The van der Waals surface area contributed by atoms with E-state index in [-0.39, 0.29) is 5.91 Å². The van der Waals surface area contributed by atoms with Crippen LogP contribution in [0.15, 0.2) is 60.8 Å². The Balaban J connectivity index is 1.67. The molecule has 0 saturated carbocycles. The highest BCUT2D eigenvalue weighted by atomic mass is 35.5. The molecule has 0 saturated heterocycles. The number of aryl methyl sites for hydroxylation is 1. The van der Waals surface area contributed by atoms with Crippen LogP contribution in [-0.2, 0) is 0 Å². The maximum atomic E-state index is 12.2. The molecule has 0 spiro atoms. The smallest absolute Gasteiger partial charge is 0.255 e. The number of rotatable bonds is 4. The first-order valence-electron chi connectivity index (χ1n) is 7.48. The maximum absolute atomic E-state index is 12.2. The van der Waals surface area contributed by atoms with Gasteiger partial charge < -0.3 is 10.1 Å². The van der Waals surface area contributed by atoms with Gasteiger partial charge in [-0.05, 0) is 43.3 Å². The first-order chi connectivity index (χ1) is 12.0. The predicted octanol–water partition coefficient (Wildman–Crippen LogP) is 5.74. The van der Waals surface area contributed by atoms with Crippen molar-refractivity contribution in [2.45, 2.75) is 6.92 Å². The van der Waals surface area contributed by atoms with E-state index in [1.54, 1.807) is 42.5 Å². The average molecular weight is 373 g/mol. The van der Waals surface area contributed by atoms with Gasteiger partial charge >= 0.3 is 0 Å². The van der Waals surface area contributed by atoms with Gasteiger partial charge in [0.25, 0.3) is 5.91 Å². The van der Waals surface area contributed by atoms with E-state index in [1.807, 2.05) is 19.1 Å². The summed E-state index contributed by atoms with van der Waals surface area (Å²) in [6, 6.07) is 15.6. The van der Waals surface area contributed by atoms with Gasteiger partial charge in [0, 0.05) is 16.7 Å². The molecule has 0 unspecified atom stereocenters. The van der Waals surface area contributed by atoms with Crippen LogP contribution < -0.4 is 10.1 Å². The second kappa shape index (κ2) is 7.55. The van der Waals surface area contributed by atoms with Crippen molar-refractivity contribution in [1.82, 2.24) is 4.98 Å². The topological polar surface area (TPSA) is 51.2 Å². The third kappa shape index (κ3) is 4.50. The van der Waals surface area contributed by atoms with Gasteiger partial charge in [0.2, 0.25) is 5.88 Å². The Hall–Kier alpha value is -2.56. The third-order valence-electron chi connectivity index (χ3n) is 3.42. The van der Waals surface area contributed by atoms with Crippen molar-refractivity contribution in [3.8, 4) is 11.6 Å². The van der Waals surface area contributed by atoms with Gasteiger partial charge in [0.05, 0.1) is 16.9 Å². The minimum atomic E-state index is -0.198. The number of ether oxygens (including phenoxy) is 1. The van der Waals surface area contributed by atoms with Gasteiger partial charge in [-0.2, -0.15) is 0 Å². The molecule has 0 aliphatic rings. The number of hydrogen-bond donors (Lipinski definition) is 1. The van der Waals surface area contributed by atoms with E-state index in [0.717, 1.165) is 5.56 Å².